The Balaban J connectivity index is 1.67. The van der Waals surface area contributed by atoms with Gasteiger partial charge in [0.1, 0.15) is 0 Å². The number of rotatable bonds is 5. The normalized spacial score (nSPS) is 19.1. The second-order valence-electron chi connectivity index (χ2n) is 8.11. The predicted molar refractivity (Wildman–Crippen MR) is 124 cm³/mol. The fourth-order valence-corrected chi connectivity index (χ4v) is 5.99. The van der Waals surface area contributed by atoms with Crippen LogP contribution in [0.25, 0.3) is 0 Å². The molecule has 1 aromatic heterocycles. The minimum absolute atomic E-state index is 0.000515. The maximum absolute atomic E-state index is 13.3. The van der Waals surface area contributed by atoms with Crippen molar-refractivity contribution in [2.75, 3.05) is 13.1 Å². The first-order valence-electron chi connectivity index (χ1n) is 10.3. The fraction of sp³-hybridized carbons (Fsp3) is 0.273. The molecule has 0 spiro atoms. The monoisotopic (exact) mass is 546 g/mol. The molecule has 1 saturated heterocycles. The van der Waals surface area contributed by atoms with Gasteiger partial charge in [-0.1, -0.05) is 41.4 Å². The van der Waals surface area contributed by atoms with Crippen molar-refractivity contribution in [2.24, 2.45) is 7.05 Å². The summed E-state index contributed by atoms with van der Waals surface area (Å²) >= 11 is 12.0. The summed E-state index contributed by atoms with van der Waals surface area (Å²) in [7, 11) is -2.36. The SMILES string of the molecule is Cn1cnc(S(=O)(=O)N2CC(NC(=O)c3cccc(C(F)(F)F)c3Cl)C(c3cccc(Cl)c3)C2)c1. The first kappa shape index (κ1) is 25.5. The molecule has 1 aliphatic rings. The summed E-state index contributed by atoms with van der Waals surface area (Å²) in [4.78, 5) is 16.9. The predicted octanol–water partition coefficient (Wildman–Crippen LogP) is 4.33. The smallest absolute Gasteiger partial charge is 0.347 e. The third-order valence-corrected chi connectivity index (χ3v) is 8.07. The van der Waals surface area contributed by atoms with Gasteiger partial charge in [0.25, 0.3) is 15.9 Å². The zero-order valence-electron chi connectivity index (χ0n) is 18.1. The van der Waals surface area contributed by atoms with Crippen molar-refractivity contribution >= 4 is 39.1 Å². The molecule has 0 bridgehead atoms. The van der Waals surface area contributed by atoms with Gasteiger partial charge < -0.3 is 9.88 Å². The lowest BCUT2D eigenvalue weighted by Crippen LogP contribution is -2.40. The third kappa shape index (κ3) is 5.18. The average Bonchev–Trinajstić information content (AvgIpc) is 3.40. The molecule has 2 aromatic carbocycles. The molecule has 2 atom stereocenters. The van der Waals surface area contributed by atoms with Crippen molar-refractivity contribution in [1.82, 2.24) is 19.2 Å². The highest BCUT2D eigenvalue weighted by Gasteiger charge is 2.42. The number of nitrogens with one attached hydrogen (secondary N) is 1. The van der Waals surface area contributed by atoms with Crippen LogP contribution in [0.4, 0.5) is 13.2 Å². The van der Waals surface area contributed by atoms with Crippen LogP contribution in [0.5, 0.6) is 0 Å². The number of carbonyl (C=O) groups excluding carboxylic acids is 1. The standard InChI is InChI=1S/C22H19Cl2F3N4O3S/c1-30-11-19(28-12-30)35(33,34)31-9-16(13-4-2-5-14(23)8-13)18(10-31)29-21(32)15-6-3-7-17(20(15)24)22(25,26)27/h2-8,11-12,16,18H,9-10H2,1H3,(H,29,32). The van der Waals surface area contributed by atoms with Crippen LogP contribution in [0.2, 0.25) is 10.0 Å². The molecule has 0 aliphatic carbocycles. The Labute approximate surface area is 209 Å². The van der Waals surface area contributed by atoms with E-state index in [0.717, 1.165) is 12.1 Å². The lowest BCUT2D eigenvalue weighted by molar-refractivity contribution is -0.137. The summed E-state index contributed by atoms with van der Waals surface area (Å²) in [5, 5.41) is 2.21. The van der Waals surface area contributed by atoms with Gasteiger partial charge in [0.15, 0.2) is 5.03 Å². The van der Waals surface area contributed by atoms with E-state index in [1.54, 1.807) is 31.3 Å². The summed E-state index contributed by atoms with van der Waals surface area (Å²) in [6, 6.07) is 9.01. The maximum atomic E-state index is 13.3. The molecular formula is C22H19Cl2F3N4O3S. The molecule has 35 heavy (non-hydrogen) atoms. The molecule has 4 rings (SSSR count). The van der Waals surface area contributed by atoms with Gasteiger partial charge in [0.05, 0.1) is 28.5 Å². The van der Waals surface area contributed by atoms with Crippen LogP contribution in [-0.2, 0) is 23.2 Å². The molecule has 0 saturated carbocycles. The van der Waals surface area contributed by atoms with Gasteiger partial charge in [-0.15, -0.1) is 0 Å². The van der Waals surface area contributed by atoms with Gasteiger partial charge in [-0.05, 0) is 29.8 Å². The lowest BCUT2D eigenvalue weighted by atomic mass is 9.94. The average molecular weight is 547 g/mol. The molecule has 0 radical (unpaired) electrons. The van der Waals surface area contributed by atoms with E-state index in [2.05, 4.69) is 10.3 Å². The number of imidazole rings is 1. The highest BCUT2D eigenvalue weighted by Crippen LogP contribution is 2.37. The number of alkyl halides is 3. The number of hydrogen-bond acceptors (Lipinski definition) is 4. The van der Waals surface area contributed by atoms with Crippen LogP contribution in [-0.4, -0.2) is 47.3 Å². The minimum atomic E-state index is -4.74. The van der Waals surface area contributed by atoms with Crippen molar-refractivity contribution in [3.63, 3.8) is 0 Å². The van der Waals surface area contributed by atoms with E-state index in [1.807, 2.05) is 0 Å². The Morgan fingerprint density at radius 3 is 2.49 bits per heavy atom. The van der Waals surface area contributed by atoms with E-state index in [9.17, 15) is 26.4 Å². The zero-order valence-corrected chi connectivity index (χ0v) is 20.5. The van der Waals surface area contributed by atoms with Crippen LogP contribution < -0.4 is 5.32 Å². The highest BCUT2D eigenvalue weighted by atomic mass is 35.5. The van der Waals surface area contributed by atoms with Crippen LogP contribution in [0, 0.1) is 0 Å². The number of carbonyl (C=O) groups is 1. The highest BCUT2D eigenvalue weighted by molar-refractivity contribution is 7.89. The van der Waals surface area contributed by atoms with E-state index in [-0.39, 0.29) is 23.7 Å². The van der Waals surface area contributed by atoms with Gasteiger partial charge in [0.2, 0.25) is 0 Å². The minimum Gasteiger partial charge on any atom is -0.347 e. The van der Waals surface area contributed by atoms with Crippen molar-refractivity contribution in [3.8, 4) is 0 Å². The van der Waals surface area contributed by atoms with E-state index < -0.39 is 44.7 Å². The number of halogens is 5. The third-order valence-electron chi connectivity index (χ3n) is 5.71. The number of amides is 1. The molecule has 1 N–H and O–H groups in total. The number of aromatic nitrogens is 2. The van der Waals surface area contributed by atoms with Crippen molar-refractivity contribution < 1.29 is 26.4 Å². The van der Waals surface area contributed by atoms with Gasteiger partial charge in [-0.25, -0.2) is 13.4 Å². The quantitative estimate of drug-likeness (QED) is 0.516. The first-order chi connectivity index (χ1) is 16.4. The molecule has 1 aliphatic heterocycles. The zero-order chi connectivity index (χ0) is 25.5. The van der Waals surface area contributed by atoms with E-state index in [4.69, 9.17) is 23.2 Å². The second-order valence-corrected chi connectivity index (χ2v) is 10.8. The number of nitrogens with zero attached hydrogens (tertiary/aromatic N) is 3. The van der Waals surface area contributed by atoms with E-state index in [0.29, 0.717) is 10.6 Å². The van der Waals surface area contributed by atoms with Gasteiger partial charge in [-0.2, -0.15) is 17.5 Å². The molecule has 7 nitrogen and oxygen atoms in total. The van der Waals surface area contributed by atoms with Crippen molar-refractivity contribution in [2.45, 2.75) is 23.2 Å². The number of sulfonamides is 1. The maximum Gasteiger partial charge on any atom is 0.417 e. The molecular weight excluding hydrogens is 528 g/mol. The second kappa shape index (κ2) is 9.45. The van der Waals surface area contributed by atoms with Crippen LogP contribution in [0.1, 0.15) is 27.4 Å². The van der Waals surface area contributed by atoms with Crippen LogP contribution in [0.3, 0.4) is 0 Å². The van der Waals surface area contributed by atoms with Crippen LogP contribution >= 0.6 is 23.2 Å². The number of benzene rings is 2. The summed E-state index contributed by atoms with van der Waals surface area (Å²) in [5.74, 6) is -1.38. The summed E-state index contributed by atoms with van der Waals surface area (Å²) in [5.41, 5.74) is -0.835. The van der Waals surface area contributed by atoms with Gasteiger partial charge >= 0.3 is 6.18 Å². The molecule has 13 heteroatoms. The Morgan fingerprint density at radius 1 is 1.14 bits per heavy atom. The lowest BCUT2D eigenvalue weighted by Gasteiger charge is -2.21. The largest absolute Gasteiger partial charge is 0.417 e. The Hall–Kier alpha value is -2.60. The van der Waals surface area contributed by atoms with Gasteiger partial charge in [0, 0.05) is 37.3 Å². The van der Waals surface area contributed by atoms with Crippen molar-refractivity contribution in [3.05, 3.63) is 81.7 Å². The summed E-state index contributed by atoms with van der Waals surface area (Å²) < 4.78 is 68.8. The molecule has 3 aromatic rings. The Morgan fingerprint density at radius 2 is 1.86 bits per heavy atom. The van der Waals surface area contributed by atoms with Crippen molar-refractivity contribution in [1.29, 1.82) is 0 Å². The molecule has 2 unspecified atom stereocenters. The number of hydrogen-bond donors (Lipinski definition) is 1. The Bertz CT molecular complexity index is 1380. The molecule has 186 valence electrons. The summed E-state index contributed by atoms with van der Waals surface area (Å²) in [6.07, 6.45) is -2.03. The molecule has 1 fully saturated rings. The first-order valence-corrected chi connectivity index (χ1v) is 12.5. The Kier molecular flexibility index (Phi) is 6.89. The van der Waals surface area contributed by atoms with E-state index in [1.165, 1.54) is 27.5 Å². The summed E-state index contributed by atoms with van der Waals surface area (Å²) in [6.45, 7) is -0.126. The van der Waals surface area contributed by atoms with E-state index >= 15 is 0 Å². The molecule has 1 amide bonds. The number of aryl methyl sites for hydroxylation is 1. The topological polar surface area (TPSA) is 84.3 Å². The van der Waals surface area contributed by atoms with Gasteiger partial charge in [-0.3, -0.25) is 4.79 Å². The van der Waals surface area contributed by atoms with Crippen LogP contribution in [0.15, 0.2) is 60.0 Å². The fourth-order valence-electron chi connectivity index (χ4n) is 4.01. The molecule has 2 heterocycles.